The van der Waals surface area contributed by atoms with E-state index in [1.165, 1.54) is 96.7 Å². The summed E-state index contributed by atoms with van der Waals surface area (Å²) in [6.07, 6.45) is 9.15. The maximum Gasteiger partial charge on any atom is 0.0555 e. The van der Waals surface area contributed by atoms with Crippen LogP contribution in [0.1, 0.15) is 11.5 Å². The van der Waals surface area contributed by atoms with Crippen LogP contribution >= 0.6 is 23.1 Å². The van der Waals surface area contributed by atoms with Crippen molar-refractivity contribution in [3.63, 3.8) is 0 Å². The lowest BCUT2D eigenvalue weighted by Crippen LogP contribution is -2.09. The van der Waals surface area contributed by atoms with Crippen molar-refractivity contribution in [2.75, 3.05) is 0 Å². The molecule has 7 aromatic carbocycles. The van der Waals surface area contributed by atoms with Gasteiger partial charge in [0.25, 0.3) is 0 Å². The van der Waals surface area contributed by atoms with Gasteiger partial charge in [-0.2, -0.15) is 0 Å². The van der Waals surface area contributed by atoms with Gasteiger partial charge < -0.3 is 9.13 Å². The molecule has 0 radical (unpaired) electrons. The second-order valence-corrected chi connectivity index (χ2v) is 16.3. The molecule has 1 aliphatic carbocycles. The summed E-state index contributed by atoms with van der Waals surface area (Å²) in [4.78, 5) is 1.39. The first-order valence-corrected chi connectivity index (χ1v) is 19.6. The Hall–Kier alpha value is -5.81. The Morgan fingerprint density at radius 1 is 0.442 bits per heavy atom. The van der Waals surface area contributed by atoms with Crippen LogP contribution in [-0.4, -0.2) is 14.4 Å². The van der Waals surface area contributed by atoms with E-state index in [9.17, 15) is 0 Å². The molecular formula is C48H30N2S2. The van der Waals surface area contributed by atoms with Crippen LogP contribution in [0.25, 0.3) is 86.3 Å². The highest BCUT2D eigenvalue weighted by molar-refractivity contribution is 8.00. The van der Waals surface area contributed by atoms with E-state index in [0.717, 1.165) is 0 Å². The minimum absolute atomic E-state index is 0.385. The summed E-state index contributed by atoms with van der Waals surface area (Å²) < 4.78 is 7.63. The van der Waals surface area contributed by atoms with Crippen LogP contribution in [-0.2, 0) is 0 Å². The Labute approximate surface area is 308 Å². The van der Waals surface area contributed by atoms with Crippen LogP contribution in [0, 0.1) is 0 Å². The number of fused-ring (bicyclic) bond motifs is 12. The number of hydrogen-bond acceptors (Lipinski definition) is 2. The van der Waals surface area contributed by atoms with Gasteiger partial charge in [0.05, 0.1) is 33.4 Å². The fourth-order valence-electron chi connectivity index (χ4n) is 9.04. The molecule has 12 rings (SSSR count). The summed E-state index contributed by atoms with van der Waals surface area (Å²) >= 11 is 3.87. The van der Waals surface area contributed by atoms with E-state index in [1.807, 2.05) is 23.1 Å². The topological polar surface area (TPSA) is 9.86 Å². The van der Waals surface area contributed by atoms with Crippen molar-refractivity contribution >= 4 is 86.9 Å². The van der Waals surface area contributed by atoms with E-state index in [0.29, 0.717) is 11.2 Å². The lowest BCUT2D eigenvalue weighted by Gasteiger charge is -2.19. The van der Waals surface area contributed by atoms with Gasteiger partial charge >= 0.3 is 0 Å². The van der Waals surface area contributed by atoms with Crippen LogP contribution in [0.2, 0.25) is 0 Å². The van der Waals surface area contributed by atoms with Crippen LogP contribution < -0.4 is 0 Å². The summed E-state index contributed by atoms with van der Waals surface area (Å²) in [6.45, 7) is 0. The number of thioether (sulfide) groups is 1. The van der Waals surface area contributed by atoms with Gasteiger partial charge in [0, 0.05) is 57.8 Å². The summed E-state index contributed by atoms with van der Waals surface area (Å²) in [6, 6.07) is 54.3. The first-order valence-electron chi connectivity index (χ1n) is 17.9. The van der Waals surface area contributed by atoms with Gasteiger partial charge in [0.2, 0.25) is 0 Å². The summed E-state index contributed by atoms with van der Waals surface area (Å²) in [5, 5.41) is 8.21. The largest absolute Gasteiger partial charge is 0.309 e. The van der Waals surface area contributed by atoms with Gasteiger partial charge in [-0.05, 0) is 83.4 Å². The Morgan fingerprint density at radius 2 is 1.02 bits per heavy atom. The molecule has 0 fully saturated rings. The normalized spacial score (nSPS) is 16.6. The lowest BCUT2D eigenvalue weighted by atomic mass is 9.91. The number of allylic oxidation sites excluding steroid dienone is 3. The predicted molar refractivity (Wildman–Crippen MR) is 224 cm³/mol. The Morgan fingerprint density at radius 3 is 1.77 bits per heavy atom. The fourth-order valence-corrected chi connectivity index (χ4v) is 11.5. The van der Waals surface area contributed by atoms with E-state index in [-0.39, 0.29) is 0 Å². The number of benzene rings is 7. The molecule has 244 valence electrons. The van der Waals surface area contributed by atoms with Gasteiger partial charge in [-0.25, -0.2) is 0 Å². The average Bonchev–Trinajstić information content (AvgIpc) is 3.95. The highest BCUT2D eigenvalue weighted by Crippen LogP contribution is 2.51. The van der Waals surface area contributed by atoms with Crippen LogP contribution in [0.15, 0.2) is 175 Å². The molecule has 2 atom stereocenters. The molecule has 0 saturated carbocycles. The number of thiophene rings is 1. The third-order valence-corrected chi connectivity index (χ3v) is 13.7. The molecule has 0 saturated heterocycles. The average molecular weight is 699 g/mol. The molecule has 0 N–H and O–H groups in total. The maximum atomic E-state index is 2.51. The van der Waals surface area contributed by atoms with E-state index >= 15 is 0 Å². The minimum atomic E-state index is 0.385. The Kier molecular flexibility index (Phi) is 6.02. The Balaban J connectivity index is 1.06. The van der Waals surface area contributed by atoms with Gasteiger partial charge in [0.1, 0.15) is 0 Å². The molecule has 2 nitrogen and oxygen atoms in total. The van der Waals surface area contributed by atoms with Crippen molar-refractivity contribution in [3.05, 3.63) is 175 Å². The number of hydrogen-bond donors (Lipinski definition) is 0. The standard InChI is InChI=1S/C48H30N2S2/c1-5-15-37-31(11-1)35-27-29(23-25-39(35)49(37)41-17-9-21-45-47(41)33-13-3-7-19-43(33)51-45)30-24-26-40-36(28-30)32-12-2-6-16-38(32)50(40)42-18-10-22-46-48(42)34-14-4-8-20-44(34)52-46/h1-28,33,43H. The summed E-state index contributed by atoms with van der Waals surface area (Å²) in [7, 11) is 0. The van der Waals surface area contributed by atoms with Gasteiger partial charge in [0.15, 0.2) is 0 Å². The summed E-state index contributed by atoms with van der Waals surface area (Å²) in [5.41, 5.74) is 11.4. The third kappa shape index (κ3) is 3.96. The van der Waals surface area contributed by atoms with Crippen molar-refractivity contribution in [3.8, 4) is 22.5 Å². The number of rotatable bonds is 3. The van der Waals surface area contributed by atoms with Crippen molar-refractivity contribution in [2.24, 2.45) is 0 Å². The second-order valence-electron chi connectivity index (χ2n) is 14.0. The monoisotopic (exact) mass is 698 g/mol. The fraction of sp³-hybridized carbons (Fsp3) is 0.0417. The van der Waals surface area contributed by atoms with Crippen LogP contribution in [0.4, 0.5) is 0 Å². The smallest absolute Gasteiger partial charge is 0.0555 e. The van der Waals surface area contributed by atoms with Crippen molar-refractivity contribution in [1.82, 2.24) is 9.13 Å². The molecule has 3 aromatic heterocycles. The number of nitrogens with zero attached hydrogens (tertiary/aromatic N) is 2. The van der Waals surface area contributed by atoms with Gasteiger partial charge in [-0.1, -0.05) is 103 Å². The molecule has 0 amide bonds. The van der Waals surface area contributed by atoms with Crippen molar-refractivity contribution < 1.29 is 0 Å². The van der Waals surface area contributed by atoms with Crippen molar-refractivity contribution in [1.29, 1.82) is 0 Å². The zero-order chi connectivity index (χ0) is 33.9. The molecule has 4 heterocycles. The van der Waals surface area contributed by atoms with Crippen LogP contribution in [0.3, 0.4) is 0 Å². The van der Waals surface area contributed by atoms with Crippen molar-refractivity contribution in [2.45, 2.75) is 16.1 Å². The minimum Gasteiger partial charge on any atom is -0.309 e. The van der Waals surface area contributed by atoms with Crippen LogP contribution in [0.5, 0.6) is 0 Å². The highest BCUT2D eigenvalue weighted by Gasteiger charge is 2.34. The quantitative estimate of drug-likeness (QED) is 0.179. The molecule has 2 aliphatic rings. The highest BCUT2D eigenvalue weighted by atomic mass is 32.2. The first-order chi connectivity index (χ1) is 25.8. The molecule has 4 heteroatoms. The molecule has 0 spiro atoms. The van der Waals surface area contributed by atoms with E-state index in [2.05, 4.69) is 179 Å². The first kappa shape index (κ1) is 28.8. The molecule has 0 bridgehead atoms. The SMILES string of the molecule is C1=CC2Sc3cccc(-n4c5ccccc5c5cc(-c6ccc7c(c6)c6ccccc6n7-c6cccc7sc8ccccc8c67)ccc54)c3C2C=C1. The zero-order valence-corrected chi connectivity index (χ0v) is 29.7. The van der Waals surface area contributed by atoms with E-state index in [1.54, 1.807) is 0 Å². The maximum absolute atomic E-state index is 2.51. The molecule has 1 aliphatic heterocycles. The Bertz CT molecular complexity index is 3190. The van der Waals surface area contributed by atoms with Gasteiger partial charge in [-0.3, -0.25) is 0 Å². The van der Waals surface area contributed by atoms with Gasteiger partial charge in [-0.15, -0.1) is 23.1 Å². The van der Waals surface area contributed by atoms with E-state index in [4.69, 9.17) is 0 Å². The summed E-state index contributed by atoms with van der Waals surface area (Å²) in [5.74, 6) is 0.385. The predicted octanol–water partition coefficient (Wildman–Crippen LogP) is 13.6. The second kappa shape index (κ2) is 10.8. The number of para-hydroxylation sites is 2. The molecule has 2 unspecified atom stereocenters. The third-order valence-electron chi connectivity index (χ3n) is 11.3. The molecule has 10 aromatic rings. The van der Waals surface area contributed by atoms with E-state index < -0.39 is 0 Å². The molecule has 52 heavy (non-hydrogen) atoms. The lowest BCUT2D eigenvalue weighted by molar-refractivity contribution is 0.867. The number of aromatic nitrogens is 2. The zero-order valence-electron chi connectivity index (χ0n) is 28.0. The molecular weight excluding hydrogens is 669 g/mol.